The first-order valence-corrected chi connectivity index (χ1v) is 8.63. The van der Waals surface area contributed by atoms with Crippen molar-refractivity contribution in [2.45, 2.75) is 44.9 Å². The number of ether oxygens (including phenoxy) is 2. The molecule has 3 rings (SSSR count). The van der Waals surface area contributed by atoms with E-state index in [1.165, 1.54) is 0 Å². The van der Waals surface area contributed by atoms with Gasteiger partial charge in [-0.15, -0.1) is 0 Å². The number of morpholine rings is 1. The first-order chi connectivity index (χ1) is 11.7. The Kier molecular flexibility index (Phi) is 5.48. The van der Waals surface area contributed by atoms with Crippen molar-refractivity contribution in [2.75, 3.05) is 36.5 Å². The van der Waals surface area contributed by atoms with Crippen LogP contribution >= 0.6 is 0 Å². The van der Waals surface area contributed by atoms with Gasteiger partial charge in [0, 0.05) is 19.2 Å². The fraction of sp³-hybridized carbons (Fsp3) is 0.706. The molecule has 0 saturated carbocycles. The van der Waals surface area contributed by atoms with Crippen LogP contribution in [0.15, 0.2) is 12.4 Å². The molecule has 130 valence electrons. The van der Waals surface area contributed by atoms with E-state index in [1.54, 1.807) is 6.33 Å². The zero-order chi connectivity index (χ0) is 16.9. The van der Waals surface area contributed by atoms with Crippen molar-refractivity contribution in [2.24, 2.45) is 5.92 Å². The molecule has 2 saturated heterocycles. The van der Waals surface area contributed by atoms with Crippen molar-refractivity contribution < 1.29 is 9.47 Å². The fourth-order valence-corrected chi connectivity index (χ4v) is 3.34. The van der Waals surface area contributed by atoms with Gasteiger partial charge in [0.1, 0.15) is 18.0 Å². The van der Waals surface area contributed by atoms with E-state index >= 15 is 0 Å². The molecule has 7 heteroatoms. The molecule has 7 nitrogen and oxygen atoms in total. The van der Waals surface area contributed by atoms with Gasteiger partial charge in [-0.05, 0) is 18.8 Å². The van der Waals surface area contributed by atoms with Crippen LogP contribution in [-0.4, -0.2) is 54.5 Å². The number of anilines is 2. The molecule has 2 aliphatic rings. The molecule has 1 N–H and O–H groups in total. The third-order valence-electron chi connectivity index (χ3n) is 4.54. The highest BCUT2D eigenvalue weighted by atomic mass is 16.5. The number of hydrogen-bond donors (Lipinski definition) is 1. The Morgan fingerprint density at radius 2 is 2.21 bits per heavy atom. The predicted molar refractivity (Wildman–Crippen MR) is 90.8 cm³/mol. The summed E-state index contributed by atoms with van der Waals surface area (Å²) in [5.41, 5.74) is 0. The molecule has 1 aromatic heterocycles. The number of aromatic nitrogens is 2. The Hall–Kier alpha value is -1.91. The molecule has 24 heavy (non-hydrogen) atoms. The topological polar surface area (TPSA) is 83.3 Å². The van der Waals surface area contributed by atoms with E-state index in [2.05, 4.69) is 40.1 Å². The molecule has 0 aromatic carbocycles. The SMILES string of the molecule is CC(C)[C@@H]1OCCC[C@@H]1Nc1cc(N2CCO[C@@H](C#N)C2)ncn1. The Bertz CT molecular complexity index is 589. The number of hydrogen-bond acceptors (Lipinski definition) is 7. The van der Waals surface area contributed by atoms with Crippen LogP contribution in [0.5, 0.6) is 0 Å². The maximum Gasteiger partial charge on any atom is 0.161 e. The van der Waals surface area contributed by atoms with Crippen LogP contribution in [0.1, 0.15) is 26.7 Å². The van der Waals surface area contributed by atoms with Crippen molar-refractivity contribution in [1.29, 1.82) is 5.26 Å². The summed E-state index contributed by atoms with van der Waals surface area (Å²) in [5.74, 6) is 2.09. The molecule has 2 aliphatic heterocycles. The Balaban J connectivity index is 1.70. The van der Waals surface area contributed by atoms with Crippen molar-refractivity contribution in [3.8, 4) is 6.07 Å². The molecule has 2 fully saturated rings. The van der Waals surface area contributed by atoms with Gasteiger partial charge in [-0.3, -0.25) is 0 Å². The van der Waals surface area contributed by atoms with Gasteiger partial charge in [-0.25, -0.2) is 9.97 Å². The van der Waals surface area contributed by atoms with E-state index in [1.807, 2.05) is 6.07 Å². The van der Waals surface area contributed by atoms with Crippen LogP contribution in [-0.2, 0) is 9.47 Å². The summed E-state index contributed by atoms with van der Waals surface area (Å²) >= 11 is 0. The van der Waals surface area contributed by atoms with Gasteiger partial charge < -0.3 is 19.7 Å². The number of rotatable bonds is 4. The minimum absolute atomic E-state index is 0.198. The molecule has 3 heterocycles. The van der Waals surface area contributed by atoms with Crippen molar-refractivity contribution >= 4 is 11.6 Å². The van der Waals surface area contributed by atoms with Gasteiger partial charge in [0.2, 0.25) is 0 Å². The van der Waals surface area contributed by atoms with Crippen molar-refractivity contribution in [3.63, 3.8) is 0 Å². The standard InChI is InChI=1S/C17H25N5O2/c1-12(2)17-14(4-3-6-24-17)21-15-8-16(20-11-19-15)22-5-7-23-13(9-18)10-22/h8,11-14,17H,3-7,10H2,1-2H3,(H,19,20,21)/t13-,14-,17-/m0/s1. The zero-order valence-corrected chi connectivity index (χ0v) is 14.3. The van der Waals surface area contributed by atoms with E-state index < -0.39 is 6.10 Å². The van der Waals surface area contributed by atoms with Crippen LogP contribution in [0.3, 0.4) is 0 Å². The highest BCUT2D eigenvalue weighted by Crippen LogP contribution is 2.24. The average molecular weight is 331 g/mol. The highest BCUT2D eigenvalue weighted by Gasteiger charge is 2.29. The summed E-state index contributed by atoms with van der Waals surface area (Å²) in [5, 5.41) is 12.6. The predicted octanol–water partition coefficient (Wildman–Crippen LogP) is 1.82. The minimum atomic E-state index is -0.401. The smallest absolute Gasteiger partial charge is 0.161 e. The van der Waals surface area contributed by atoms with Gasteiger partial charge >= 0.3 is 0 Å². The number of nitrogens with one attached hydrogen (secondary N) is 1. The second-order valence-electron chi connectivity index (χ2n) is 6.67. The number of nitriles is 1. The molecule has 0 amide bonds. The maximum absolute atomic E-state index is 9.05. The van der Waals surface area contributed by atoms with Crippen LogP contribution < -0.4 is 10.2 Å². The van der Waals surface area contributed by atoms with E-state index in [9.17, 15) is 0 Å². The van der Waals surface area contributed by atoms with E-state index in [0.29, 0.717) is 19.1 Å². The molecule has 0 bridgehead atoms. The summed E-state index contributed by atoms with van der Waals surface area (Å²) in [6.45, 7) is 7.01. The largest absolute Gasteiger partial charge is 0.376 e. The van der Waals surface area contributed by atoms with Crippen LogP contribution in [0.25, 0.3) is 0 Å². The molecular weight excluding hydrogens is 306 g/mol. The van der Waals surface area contributed by atoms with E-state index in [-0.39, 0.29) is 12.1 Å². The molecule has 1 aromatic rings. The lowest BCUT2D eigenvalue weighted by atomic mass is 9.94. The van der Waals surface area contributed by atoms with Gasteiger partial charge in [0.25, 0.3) is 0 Å². The maximum atomic E-state index is 9.05. The van der Waals surface area contributed by atoms with Crippen molar-refractivity contribution in [3.05, 3.63) is 12.4 Å². The first kappa shape index (κ1) is 16.9. The second kappa shape index (κ2) is 7.77. The third-order valence-corrected chi connectivity index (χ3v) is 4.54. The Morgan fingerprint density at radius 1 is 1.33 bits per heavy atom. The Morgan fingerprint density at radius 3 is 3.00 bits per heavy atom. The summed E-state index contributed by atoms with van der Waals surface area (Å²) in [6, 6.07) is 4.37. The summed E-state index contributed by atoms with van der Waals surface area (Å²) in [4.78, 5) is 10.8. The normalized spacial score (nSPS) is 27.8. The lowest BCUT2D eigenvalue weighted by molar-refractivity contribution is -0.0203. The molecule has 0 radical (unpaired) electrons. The fourth-order valence-electron chi connectivity index (χ4n) is 3.34. The van der Waals surface area contributed by atoms with Crippen LogP contribution in [0.2, 0.25) is 0 Å². The molecule has 0 aliphatic carbocycles. The zero-order valence-electron chi connectivity index (χ0n) is 14.3. The average Bonchev–Trinajstić information content (AvgIpc) is 2.62. The van der Waals surface area contributed by atoms with E-state index in [0.717, 1.165) is 37.6 Å². The Labute approximate surface area is 143 Å². The van der Waals surface area contributed by atoms with E-state index in [4.69, 9.17) is 14.7 Å². The van der Waals surface area contributed by atoms with Gasteiger partial charge in [-0.2, -0.15) is 5.26 Å². The lowest BCUT2D eigenvalue weighted by Gasteiger charge is -2.35. The summed E-state index contributed by atoms with van der Waals surface area (Å²) in [7, 11) is 0. The quantitative estimate of drug-likeness (QED) is 0.901. The lowest BCUT2D eigenvalue weighted by Crippen LogP contribution is -2.43. The second-order valence-corrected chi connectivity index (χ2v) is 6.67. The molecule has 0 spiro atoms. The highest BCUT2D eigenvalue weighted by molar-refractivity contribution is 5.49. The third kappa shape index (κ3) is 3.94. The van der Waals surface area contributed by atoms with Crippen molar-refractivity contribution in [1.82, 2.24) is 9.97 Å². The molecular formula is C17H25N5O2. The molecule has 0 unspecified atom stereocenters. The van der Waals surface area contributed by atoms with Crippen LogP contribution in [0, 0.1) is 17.2 Å². The van der Waals surface area contributed by atoms with Gasteiger partial charge in [0.15, 0.2) is 6.10 Å². The monoisotopic (exact) mass is 331 g/mol. The minimum Gasteiger partial charge on any atom is -0.376 e. The summed E-state index contributed by atoms with van der Waals surface area (Å²) < 4.78 is 11.3. The van der Waals surface area contributed by atoms with Gasteiger partial charge in [0.05, 0.1) is 31.4 Å². The molecule has 3 atom stereocenters. The summed E-state index contributed by atoms with van der Waals surface area (Å²) in [6.07, 6.45) is 3.51. The van der Waals surface area contributed by atoms with Gasteiger partial charge in [-0.1, -0.05) is 13.8 Å². The van der Waals surface area contributed by atoms with Crippen LogP contribution in [0.4, 0.5) is 11.6 Å². The first-order valence-electron chi connectivity index (χ1n) is 8.63. The number of nitrogens with zero attached hydrogens (tertiary/aromatic N) is 4.